The van der Waals surface area contributed by atoms with Gasteiger partial charge >= 0.3 is 6.09 Å². The number of fused-ring (bicyclic) bond motifs is 1. The first-order valence-corrected chi connectivity index (χ1v) is 12.2. The number of carbonyl (C=O) groups is 1. The molecule has 1 atom stereocenters. The number of amides is 1. The highest BCUT2D eigenvalue weighted by Gasteiger charge is 2.47. The van der Waals surface area contributed by atoms with Gasteiger partial charge < -0.3 is 20.1 Å². The van der Waals surface area contributed by atoms with Gasteiger partial charge in [-0.25, -0.2) is 14.8 Å². The minimum Gasteiger partial charge on any atom is -0.483 e. The summed E-state index contributed by atoms with van der Waals surface area (Å²) in [7, 11) is 0. The predicted octanol–water partition coefficient (Wildman–Crippen LogP) is 6.14. The second-order valence-electron chi connectivity index (χ2n) is 11.1. The van der Waals surface area contributed by atoms with E-state index in [9.17, 15) is 4.79 Å². The molecule has 2 aromatic heterocycles. The van der Waals surface area contributed by atoms with E-state index in [1.807, 2.05) is 26.2 Å². The molecule has 3 heterocycles. The first kappa shape index (κ1) is 22.8. The number of nitrogens with one attached hydrogen (secondary N) is 2. The molecule has 1 saturated carbocycles. The molecule has 2 N–H and O–H groups in total. The van der Waals surface area contributed by atoms with Crippen molar-refractivity contribution in [2.24, 2.45) is 5.41 Å². The van der Waals surface area contributed by atoms with Gasteiger partial charge in [0.15, 0.2) is 16.7 Å². The maximum atomic E-state index is 12.7. The number of rotatable bonds is 4. The predicted molar refractivity (Wildman–Crippen MR) is 127 cm³/mol. The first-order valence-electron chi connectivity index (χ1n) is 11.3. The zero-order valence-electron chi connectivity index (χ0n) is 19.9. The van der Waals surface area contributed by atoms with Crippen LogP contribution in [0.1, 0.15) is 84.5 Å². The Morgan fingerprint density at radius 2 is 2.03 bits per heavy atom. The Balaban J connectivity index is 1.74. The zero-order chi connectivity index (χ0) is 23.1. The molecule has 0 aromatic carbocycles. The van der Waals surface area contributed by atoms with Crippen molar-refractivity contribution in [3.05, 3.63) is 28.9 Å². The first-order chi connectivity index (χ1) is 14.9. The van der Waals surface area contributed by atoms with Crippen LogP contribution in [0.15, 0.2) is 17.6 Å². The minimum absolute atomic E-state index is 0.0680. The summed E-state index contributed by atoms with van der Waals surface area (Å²) in [5, 5.41) is 9.18. The van der Waals surface area contributed by atoms with Crippen LogP contribution in [0, 0.1) is 5.41 Å². The SMILES string of the molecule is CC(C)(C)Cc1cc2c(c(Nc3nccs3)n1)OC1(CCC1)C[C@@H]2NC(=O)OC(C)(C)C. The van der Waals surface area contributed by atoms with Crippen LogP contribution in [0.3, 0.4) is 0 Å². The van der Waals surface area contributed by atoms with Crippen LogP contribution in [0.25, 0.3) is 0 Å². The van der Waals surface area contributed by atoms with E-state index < -0.39 is 11.7 Å². The van der Waals surface area contributed by atoms with Gasteiger partial charge in [0.1, 0.15) is 11.2 Å². The van der Waals surface area contributed by atoms with Crippen LogP contribution in [0.2, 0.25) is 0 Å². The van der Waals surface area contributed by atoms with E-state index in [1.165, 1.54) is 11.3 Å². The molecule has 1 spiro atoms. The Labute approximate surface area is 194 Å². The van der Waals surface area contributed by atoms with Crippen molar-refractivity contribution in [1.82, 2.24) is 15.3 Å². The summed E-state index contributed by atoms with van der Waals surface area (Å²) in [6.45, 7) is 12.2. The molecule has 7 nitrogen and oxygen atoms in total. The molecule has 0 radical (unpaired) electrons. The lowest BCUT2D eigenvalue weighted by Crippen LogP contribution is -2.50. The van der Waals surface area contributed by atoms with Crippen molar-refractivity contribution >= 4 is 28.4 Å². The summed E-state index contributed by atoms with van der Waals surface area (Å²) < 4.78 is 12.2. The Morgan fingerprint density at radius 1 is 1.28 bits per heavy atom. The minimum atomic E-state index is -0.556. The van der Waals surface area contributed by atoms with E-state index in [-0.39, 0.29) is 17.1 Å². The molecule has 2 aromatic rings. The Bertz CT molecular complexity index is 972. The fourth-order valence-electron chi connectivity index (χ4n) is 4.28. The molecular formula is C24H34N4O3S. The van der Waals surface area contributed by atoms with Gasteiger partial charge in [0.2, 0.25) is 0 Å². The maximum Gasteiger partial charge on any atom is 0.408 e. The number of thiazole rings is 1. The number of ether oxygens (including phenoxy) is 2. The highest BCUT2D eigenvalue weighted by Crippen LogP contribution is 2.51. The molecule has 2 aliphatic rings. The number of carbonyl (C=O) groups excluding carboxylic acids is 1. The van der Waals surface area contributed by atoms with E-state index in [0.717, 1.165) is 48.5 Å². The molecule has 0 unspecified atom stereocenters. The summed E-state index contributed by atoms with van der Waals surface area (Å²) in [5.74, 6) is 1.38. The largest absolute Gasteiger partial charge is 0.483 e. The molecule has 1 amide bonds. The summed E-state index contributed by atoms with van der Waals surface area (Å²) in [6.07, 6.45) is 5.96. The van der Waals surface area contributed by atoms with Gasteiger partial charge in [-0.2, -0.15) is 0 Å². The molecule has 32 heavy (non-hydrogen) atoms. The van der Waals surface area contributed by atoms with Crippen molar-refractivity contribution < 1.29 is 14.3 Å². The Hall–Kier alpha value is -2.35. The maximum absolute atomic E-state index is 12.7. The van der Waals surface area contributed by atoms with Crippen LogP contribution >= 0.6 is 11.3 Å². The topological polar surface area (TPSA) is 85.4 Å². The average Bonchev–Trinajstić information content (AvgIpc) is 3.11. The fourth-order valence-corrected chi connectivity index (χ4v) is 4.80. The van der Waals surface area contributed by atoms with Gasteiger partial charge in [-0.3, -0.25) is 0 Å². The normalized spacial score (nSPS) is 19.5. The van der Waals surface area contributed by atoms with Crippen molar-refractivity contribution in [2.45, 2.75) is 90.9 Å². The third-order valence-electron chi connectivity index (χ3n) is 5.65. The van der Waals surface area contributed by atoms with Crippen molar-refractivity contribution in [3.8, 4) is 5.75 Å². The van der Waals surface area contributed by atoms with Crippen LogP contribution in [0.5, 0.6) is 5.75 Å². The summed E-state index contributed by atoms with van der Waals surface area (Å²) in [4.78, 5) is 22.0. The number of aromatic nitrogens is 2. The Kier molecular flexibility index (Phi) is 5.86. The average molecular weight is 459 g/mol. The van der Waals surface area contributed by atoms with Crippen molar-refractivity contribution in [3.63, 3.8) is 0 Å². The smallest absolute Gasteiger partial charge is 0.408 e. The summed E-state index contributed by atoms with van der Waals surface area (Å²) in [6, 6.07) is 1.88. The number of hydrogen-bond donors (Lipinski definition) is 2. The standard InChI is InChI=1S/C24H34N4O3S/c1-22(2,3)13-15-12-16-17(27-21(29)31-23(4,5)6)14-24(8-7-9-24)30-18(16)19(26-15)28-20-25-10-11-32-20/h10-12,17H,7-9,13-14H2,1-6H3,(H,27,29)(H,25,26,28)/t17-/m0/s1. The van der Waals surface area contributed by atoms with Crippen LogP contribution in [0.4, 0.5) is 15.7 Å². The van der Waals surface area contributed by atoms with E-state index in [2.05, 4.69) is 42.5 Å². The molecule has 174 valence electrons. The number of anilines is 2. The molecule has 0 bridgehead atoms. The third-order valence-corrected chi connectivity index (χ3v) is 6.34. The quantitative estimate of drug-likeness (QED) is 0.572. The molecular weight excluding hydrogens is 424 g/mol. The van der Waals surface area contributed by atoms with Crippen molar-refractivity contribution in [2.75, 3.05) is 5.32 Å². The molecule has 8 heteroatoms. The summed E-state index contributed by atoms with van der Waals surface area (Å²) >= 11 is 1.52. The molecule has 0 saturated heterocycles. The van der Waals surface area contributed by atoms with E-state index in [0.29, 0.717) is 11.6 Å². The Morgan fingerprint density at radius 3 is 2.59 bits per heavy atom. The van der Waals surface area contributed by atoms with Gasteiger partial charge in [0.25, 0.3) is 0 Å². The van der Waals surface area contributed by atoms with Crippen LogP contribution in [-0.4, -0.2) is 27.3 Å². The highest BCUT2D eigenvalue weighted by molar-refractivity contribution is 7.13. The second-order valence-corrected chi connectivity index (χ2v) is 12.0. The van der Waals surface area contributed by atoms with Crippen molar-refractivity contribution in [1.29, 1.82) is 0 Å². The van der Waals surface area contributed by atoms with E-state index in [1.54, 1.807) is 6.20 Å². The molecule has 1 aliphatic heterocycles. The lowest BCUT2D eigenvalue weighted by molar-refractivity contribution is -0.0375. The summed E-state index contributed by atoms with van der Waals surface area (Å²) in [5.41, 5.74) is 1.15. The van der Waals surface area contributed by atoms with Gasteiger partial charge in [-0.05, 0) is 57.9 Å². The number of nitrogens with zero attached hydrogens (tertiary/aromatic N) is 2. The third kappa shape index (κ3) is 5.34. The highest BCUT2D eigenvalue weighted by atomic mass is 32.1. The van der Waals surface area contributed by atoms with Crippen LogP contribution in [-0.2, 0) is 11.2 Å². The zero-order valence-corrected chi connectivity index (χ0v) is 20.7. The number of hydrogen-bond acceptors (Lipinski definition) is 7. The second kappa shape index (κ2) is 8.21. The van der Waals surface area contributed by atoms with Gasteiger partial charge in [0.05, 0.1) is 6.04 Å². The number of alkyl carbamates (subject to hydrolysis) is 1. The molecule has 4 rings (SSSR count). The van der Waals surface area contributed by atoms with E-state index in [4.69, 9.17) is 14.5 Å². The van der Waals surface area contributed by atoms with Gasteiger partial charge in [-0.1, -0.05) is 20.8 Å². The van der Waals surface area contributed by atoms with Crippen LogP contribution < -0.4 is 15.4 Å². The molecule has 1 aliphatic carbocycles. The van der Waals surface area contributed by atoms with E-state index >= 15 is 0 Å². The monoisotopic (exact) mass is 458 g/mol. The molecule has 1 fully saturated rings. The fraction of sp³-hybridized carbons (Fsp3) is 0.625. The van der Waals surface area contributed by atoms with Gasteiger partial charge in [-0.15, -0.1) is 11.3 Å². The lowest BCUT2D eigenvalue weighted by Gasteiger charge is -2.48. The van der Waals surface area contributed by atoms with Gasteiger partial charge in [0, 0.05) is 29.3 Å². The lowest BCUT2D eigenvalue weighted by atomic mass is 9.73. The number of pyridine rings is 1.